The quantitative estimate of drug-likeness (QED) is 0.783. The van der Waals surface area contributed by atoms with Crippen molar-refractivity contribution in [3.63, 3.8) is 0 Å². The molecular weight excluding hydrogens is 258 g/mol. The zero-order chi connectivity index (χ0) is 14.5. The lowest BCUT2D eigenvalue weighted by atomic mass is 10.0. The van der Waals surface area contributed by atoms with Crippen molar-refractivity contribution in [2.45, 2.75) is 45.4 Å². The predicted molar refractivity (Wildman–Crippen MR) is 81.2 cm³/mol. The van der Waals surface area contributed by atoms with Gasteiger partial charge in [0.2, 0.25) is 0 Å². The Morgan fingerprint density at radius 2 is 1.63 bits per heavy atom. The molecule has 0 saturated heterocycles. The van der Waals surface area contributed by atoms with Gasteiger partial charge in [0.15, 0.2) is 9.84 Å². The summed E-state index contributed by atoms with van der Waals surface area (Å²) in [5.74, 6) is 0.743. The minimum absolute atomic E-state index is 0.203. The van der Waals surface area contributed by atoms with Gasteiger partial charge in [-0.05, 0) is 30.9 Å². The Hall–Kier alpha value is -0.870. The summed E-state index contributed by atoms with van der Waals surface area (Å²) in [5.41, 5.74) is 2.51. The molecule has 0 saturated carbocycles. The van der Waals surface area contributed by atoms with E-state index in [9.17, 15) is 8.42 Å². The van der Waals surface area contributed by atoms with Gasteiger partial charge in [-0.25, -0.2) is 8.42 Å². The Kier molecular flexibility index (Phi) is 6.01. The lowest BCUT2D eigenvalue weighted by molar-refractivity contribution is 0.582. The van der Waals surface area contributed by atoms with Crippen molar-refractivity contribution in [3.05, 3.63) is 35.4 Å². The van der Waals surface area contributed by atoms with Crippen molar-refractivity contribution in [2.75, 3.05) is 12.3 Å². The molecule has 108 valence electrons. The average molecular weight is 283 g/mol. The summed E-state index contributed by atoms with van der Waals surface area (Å²) in [6, 6.07) is 8.46. The third-order valence-electron chi connectivity index (χ3n) is 3.26. The van der Waals surface area contributed by atoms with Crippen molar-refractivity contribution in [3.8, 4) is 0 Å². The number of nitrogens with one attached hydrogen (secondary N) is 1. The highest BCUT2D eigenvalue weighted by Crippen LogP contribution is 2.14. The van der Waals surface area contributed by atoms with Gasteiger partial charge in [0, 0.05) is 13.1 Å². The van der Waals surface area contributed by atoms with Crippen LogP contribution in [0.1, 0.15) is 44.7 Å². The molecule has 0 heterocycles. The van der Waals surface area contributed by atoms with Crippen LogP contribution in [0.4, 0.5) is 0 Å². The lowest BCUT2D eigenvalue weighted by Crippen LogP contribution is -2.27. The summed E-state index contributed by atoms with van der Waals surface area (Å²) in [6.07, 6.45) is 0. The van der Waals surface area contributed by atoms with Crippen LogP contribution in [0.15, 0.2) is 24.3 Å². The van der Waals surface area contributed by atoms with Crippen LogP contribution < -0.4 is 5.32 Å². The summed E-state index contributed by atoms with van der Waals surface area (Å²) >= 11 is 0. The third kappa shape index (κ3) is 5.33. The fourth-order valence-electron chi connectivity index (χ4n) is 1.70. The van der Waals surface area contributed by atoms with Gasteiger partial charge in [-0.1, -0.05) is 38.1 Å². The smallest absolute Gasteiger partial charge is 0.153 e. The molecule has 1 rings (SSSR count). The first-order chi connectivity index (χ1) is 8.83. The molecule has 0 bridgehead atoms. The van der Waals surface area contributed by atoms with E-state index < -0.39 is 9.84 Å². The summed E-state index contributed by atoms with van der Waals surface area (Å²) in [6.45, 7) is 9.01. The molecule has 0 aliphatic carbocycles. The SMILES string of the molecule is CC(C)c1ccc(CNCCS(=O)(=O)C(C)C)cc1. The molecule has 1 aromatic carbocycles. The van der Waals surface area contributed by atoms with Crippen LogP contribution in [0, 0.1) is 0 Å². The number of hydrogen-bond acceptors (Lipinski definition) is 3. The topological polar surface area (TPSA) is 46.2 Å². The van der Waals surface area contributed by atoms with E-state index in [-0.39, 0.29) is 11.0 Å². The van der Waals surface area contributed by atoms with E-state index in [0.717, 1.165) is 0 Å². The first-order valence-electron chi connectivity index (χ1n) is 6.84. The van der Waals surface area contributed by atoms with Gasteiger partial charge >= 0.3 is 0 Å². The van der Waals surface area contributed by atoms with Gasteiger partial charge in [-0.3, -0.25) is 0 Å². The van der Waals surface area contributed by atoms with E-state index in [4.69, 9.17) is 0 Å². The molecule has 4 heteroatoms. The molecular formula is C15H25NO2S. The molecule has 0 aliphatic rings. The Bertz CT molecular complexity index is 475. The van der Waals surface area contributed by atoms with Gasteiger partial charge in [0.1, 0.15) is 0 Å². The van der Waals surface area contributed by atoms with Crippen LogP contribution in [0.25, 0.3) is 0 Å². The summed E-state index contributed by atoms with van der Waals surface area (Å²) < 4.78 is 23.2. The second kappa shape index (κ2) is 7.06. The Morgan fingerprint density at radius 1 is 1.05 bits per heavy atom. The van der Waals surface area contributed by atoms with Crippen LogP contribution in [0.3, 0.4) is 0 Å². The van der Waals surface area contributed by atoms with E-state index in [1.165, 1.54) is 11.1 Å². The fourth-order valence-corrected chi connectivity index (χ4v) is 2.60. The molecule has 0 amide bonds. The van der Waals surface area contributed by atoms with Crippen molar-refractivity contribution in [1.29, 1.82) is 0 Å². The first-order valence-corrected chi connectivity index (χ1v) is 8.55. The van der Waals surface area contributed by atoms with E-state index in [2.05, 4.69) is 43.4 Å². The van der Waals surface area contributed by atoms with E-state index in [0.29, 0.717) is 19.0 Å². The second-order valence-corrected chi connectivity index (χ2v) is 8.17. The molecule has 19 heavy (non-hydrogen) atoms. The van der Waals surface area contributed by atoms with Crippen LogP contribution >= 0.6 is 0 Å². The molecule has 0 unspecified atom stereocenters. The highest BCUT2D eigenvalue weighted by atomic mass is 32.2. The highest BCUT2D eigenvalue weighted by molar-refractivity contribution is 7.92. The minimum Gasteiger partial charge on any atom is -0.312 e. The van der Waals surface area contributed by atoms with Crippen molar-refractivity contribution < 1.29 is 8.42 Å². The van der Waals surface area contributed by atoms with Crippen LogP contribution in [-0.2, 0) is 16.4 Å². The molecule has 3 nitrogen and oxygen atoms in total. The summed E-state index contributed by atoms with van der Waals surface area (Å²) in [5, 5.41) is 2.89. The molecule has 0 fully saturated rings. The maximum Gasteiger partial charge on any atom is 0.153 e. The second-order valence-electron chi connectivity index (χ2n) is 5.49. The number of hydrogen-bond donors (Lipinski definition) is 1. The van der Waals surface area contributed by atoms with Gasteiger partial charge in [-0.2, -0.15) is 0 Å². The van der Waals surface area contributed by atoms with Crippen molar-refractivity contribution in [1.82, 2.24) is 5.32 Å². The van der Waals surface area contributed by atoms with Crippen LogP contribution in [-0.4, -0.2) is 26.0 Å². The molecule has 0 radical (unpaired) electrons. The number of rotatable bonds is 7. The van der Waals surface area contributed by atoms with Gasteiger partial charge in [0.25, 0.3) is 0 Å². The molecule has 0 aliphatic heterocycles. The number of sulfone groups is 1. The Labute approximate surface area is 117 Å². The standard InChI is InChI=1S/C15H25NO2S/c1-12(2)15-7-5-14(6-8-15)11-16-9-10-19(17,18)13(3)4/h5-8,12-13,16H,9-11H2,1-4H3. The Morgan fingerprint density at radius 3 is 2.11 bits per heavy atom. The number of benzene rings is 1. The normalized spacial score (nSPS) is 12.3. The molecule has 0 atom stereocenters. The Balaban J connectivity index is 2.38. The van der Waals surface area contributed by atoms with E-state index in [1.54, 1.807) is 13.8 Å². The molecule has 1 aromatic rings. The zero-order valence-corrected chi connectivity index (χ0v) is 13.1. The maximum atomic E-state index is 11.6. The minimum atomic E-state index is -2.93. The average Bonchev–Trinajstić information content (AvgIpc) is 2.35. The highest BCUT2D eigenvalue weighted by Gasteiger charge is 2.14. The monoisotopic (exact) mass is 283 g/mol. The predicted octanol–water partition coefficient (Wildman–Crippen LogP) is 2.72. The molecule has 1 N–H and O–H groups in total. The third-order valence-corrected chi connectivity index (χ3v) is 5.47. The van der Waals surface area contributed by atoms with E-state index >= 15 is 0 Å². The summed E-state index contributed by atoms with van der Waals surface area (Å²) in [7, 11) is -2.93. The molecule has 0 aromatic heterocycles. The van der Waals surface area contributed by atoms with Crippen molar-refractivity contribution >= 4 is 9.84 Å². The maximum absolute atomic E-state index is 11.6. The van der Waals surface area contributed by atoms with Gasteiger partial charge < -0.3 is 5.32 Å². The van der Waals surface area contributed by atoms with Crippen LogP contribution in [0.5, 0.6) is 0 Å². The zero-order valence-electron chi connectivity index (χ0n) is 12.3. The van der Waals surface area contributed by atoms with Gasteiger partial charge in [-0.15, -0.1) is 0 Å². The van der Waals surface area contributed by atoms with Crippen molar-refractivity contribution in [2.24, 2.45) is 0 Å². The van der Waals surface area contributed by atoms with Gasteiger partial charge in [0.05, 0.1) is 11.0 Å². The van der Waals surface area contributed by atoms with E-state index in [1.807, 2.05) is 0 Å². The lowest BCUT2D eigenvalue weighted by Gasteiger charge is -2.10. The first kappa shape index (κ1) is 16.2. The molecule has 0 spiro atoms. The van der Waals surface area contributed by atoms with Crippen LogP contribution in [0.2, 0.25) is 0 Å². The fraction of sp³-hybridized carbons (Fsp3) is 0.600. The summed E-state index contributed by atoms with van der Waals surface area (Å²) in [4.78, 5) is 0. The largest absolute Gasteiger partial charge is 0.312 e.